The van der Waals surface area contributed by atoms with Crippen molar-refractivity contribution in [3.63, 3.8) is 0 Å². The highest BCUT2D eigenvalue weighted by molar-refractivity contribution is 5.43. The standard InChI is InChI=1S/C10H14N6/c1-5-6(2)15-16(7(5)3)9-4-8(11)13-10(12)14-9/h4H,1-3H3,(H4,11,12,13,14). The van der Waals surface area contributed by atoms with Gasteiger partial charge in [-0.05, 0) is 26.3 Å². The van der Waals surface area contributed by atoms with Crippen LogP contribution in [0.1, 0.15) is 17.0 Å². The van der Waals surface area contributed by atoms with E-state index in [9.17, 15) is 0 Å². The van der Waals surface area contributed by atoms with Crippen molar-refractivity contribution in [1.82, 2.24) is 19.7 Å². The van der Waals surface area contributed by atoms with Gasteiger partial charge in [0.25, 0.3) is 0 Å². The molecule has 0 spiro atoms. The fourth-order valence-electron chi connectivity index (χ4n) is 1.52. The zero-order valence-electron chi connectivity index (χ0n) is 9.52. The number of hydrogen-bond donors (Lipinski definition) is 2. The lowest BCUT2D eigenvalue weighted by molar-refractivity contribution is 0.803. The van der Waals surface area contributed by atoms with Gasteiger partial charge in [0.2, 0.25) is 5.95 Å². The minimum absolute atomic E-state index is 0.153. The normalized spacial score (nSPS) is 10.7. The molecule has 16 heavy (non-hydrogen) atoms. The van der Waals surface area contributed by atoms with Crippen molar-refractivity contribution in [2.75, 3.05) is 11.5 Å². The van der Waals surface area contributed by atoms with Crippen molar-refractivity contribution in [3.8, 4) is 5.82 Å². The van der Waals surface area contributed by atoms with Gasteiger partial charge in [-0.1, -0.05) is 0 Å². The molecule has 4 N–H and O–H groups in total. The lowest BCUT2D eigenvalue weighted by atomic mass is 10.2. The molecule has 0 unspecified atom stereocenters. The Labute approximate surface area is 93.3 Å². The summed E-state index contributed by atoms with van der Waals surface area (Å²) in [4.78, 5) is 7.93. The van der Waals surface area contributed by atoms with E-state index in [1.165, 1.54) is 0 Å². The Hall–Kier alpha value is -2.11. The van der Waals surface area contributed by atoms with E-state index in [0.717, 1.165) is 17.0 Å². The number of nitrogens with zero attached hydrogens (tertiary/aromatic N) is 4. The molecule has 84 valence electrons. The highest BCUT2D eigenvalue weighted by atomic mass is 15.3. The summed E-state index contributed by atoms with van der Waals surface area (Å²) in [5.41, 5.74) is 14.3. The molecule has 0 amide bonds. The third-order valence-corrected chi connectivity index (χ3v) is 2.62. The van der Waals surface area contributed by atoms with E-state index in [-0.39, 0.29) is 5.95 Å². The lowest BCUT2D eigenvalue weighted by Crippen LogP contribution is -2.07. The van der Waals surface area contributed by atoms with Crippen molar-refractivity contribution in [3.05, 3.63) is 23.0 Å². The van der Waals surface area contributed by atoms with E-state index in [4.69, 9.17) is 11.5 Å². The van der Waals surface area contributed by atoms with Gasteiger partial charge in [-0.15, -0.1) is 0 Å². The van der Waals surface area contributed by atoms with E-state index < -0.39 is 0 Å². The predicted octanol–water partition coefficient (Wildman–Crippen LogP) is 0.752. The minimum Gasteiger partial charge on any atom is -0.383 e. The van der Waals surface area contributed by atoms with Gasteiger partial charge in [-0.3, -0.25) is 0 Å². The third kappa shape index (κ3) is 1.58. The van der Waals surface area contributed by atoms with Gasteiger partial charge in [0.05, 0.1) is 5.69 Å². The van der Waals surface area contributed by atoms with Crippen molar-refractivity contribution in [2.24, 2.45) is 0 Å². The third-order valence-electron chi connectivity index (χ3n) is 2.62. The number of nitrogens with two attached hydrogens (primary N) is 2. The van der Waals surface area contributed by atoms with E-state index in [1.54, 1.807) is 10.7 Å². The van der Waals surface area contributed by atoms with Gasteiger partial charge in [-0.25, -0.2) is 4.68 Å². The first-order chi connectivity index (χ1) is 7.49. The fourth-order valence-corrected chi connectivity index (χ4v) is 1.52. The SMILES string of the molecule is Cc1nn(-c2cc(N)nc(N)n2)c(C)c1C. The topological polar surface area (TPSA) is 95.6 Å². The van der Waals surface area contributed by atoms with Gasteiger partial charge < -0.3 is 11.5 Å². The number of rotatable bonds is 1. The monoisotopic (exact) mass is 218 g/mol. The zero-order valence-corrected chi connectivity index (χ0v) is 9.52. The lowest BCUT2D eigenvalue weighted by Gasteiger charge is -2.05. The Morgan fingerprint density at radius 1 is 1.12 bits per heavy atom. The number of aryl methyl sites for hydroxylation is 1. The molecular weight excluding hydrogens is 204 g/mol. The number of hydrogen-bond acceptors (Lipinski definition) is 5. The molecule has 6 heteroatoms. The molecule has 2 rings (SSSR count). The van der Waals surface area contributed by atoms with Gasteiger partial charge >= 0.3 is 0 Å². The molecule has 0 saturated heterocycles. The van der Waals surface area contributed by atoms with Crippen LogP contribution in [0.2, 0.25) is 0 Å². The molecule has 0 fully saturated rings. The Morgan fingerprint density at radius 3 is 2.31 bits per heavy atom. The van der Waals surface area contributed by atoms with E-state index >= 15 is 0 Å². The molecule has 2 heterocycles. The molecule has 0 aliphatic heterocycles. The smallest absolute Gasteiger partial charge is 0.224 e. The summed E-state index contributed by atoms with van der Waals surface area (Å²) >= 11 is 0. The summed E-state index contributed by atoms with van der Waals surface area (Å²) < 4.78 is 1.72. The summed E-state index contributed by atoms with van der Waals surface area (Å²) in [6.07, 6.45) is 0. The second-order valence-corrected chi connectivity index (χ2v) is 3.72. The molecule has 0 atom stereocenters. The number of anilines is 2. The largest absolute Gasteiger partial charge is 0.383 e. The quantitative estimate of drug-likeness (QED) is 0.736. The van der Waals surface area contributed by atoms with Crippen LogP contribution in [-0.4, -0.2) is 19.7 Å². The fraction of sp³-hybridized carbons (Fsp3) is 0.300. The minimum atomic E-state index is 0.153. The molecule has 0 aliphatic rings. The second-order valence-electron chi connectivity index (χ2n) is 3.72. The number of nitrogen functional groups attached to an aromatic ring is 2. The summed E-state index contributed by atoms with van der Waals surface area (Å²) in [6.45, 7) is 5.94. The first kappa shape index (κ1) is 10.4. The van der Waals surface area contributed by atoms with Crippen LogP contribution in [0, 0.1) is 20.8 Å². The Kier molecular flexibility index (Phi) is 2.26. The highest BCUT2D eigenvalue weighted by Crippen LogP contribution is 2.16. The van der Waals surface area contributed by atoms with Crippen LogP contribution >= 0.6 is 0 Å². The van der Waals surface area contributed by atoms with Crippen molar-refractivity contribution < 1.29 is 0 Å². The van der Waals surface area contributed by atoms with Crippen LogP contribution in [0.3, 0.4) is 0 Å². The summed E-state index contributed by atoms with van der Waals surface area (Å²) in [7, 11) is 0. The van der Waals surface area contributed by atoms with Crippen LogP contribution in [0.15, 0.2) is 6.07 Å². The van der Waals surface area contributed by atoms with Crippen LogP contribution in [0.4, 0.5) is 11.8 Å². The molecule has 2 aromatic heterocycles. The molecule has 0 bridgehead atoms. The highest BCUT2D eigenvalue weighted by Gasteiger charge is 2.11. The number of aromatic nitrogens is 4. The average molecular weight is 218 g/mol. The molecule has 0 aliphatic carbocycles. The van der Waals surface area contributed by atoms with E-state index in [2.05, 4.69) is 15.1 Å². The van der Waals surface area contributed by atoms with Crippen LogP contribution in [-0.2, 0) is 0 Å². The van der Waals surface area contributed by atoms with Crippen LogP contribution in [0.5, 0.6) is 0 Å². The van der Waals surface area contributed by atoms with Gasteiger partial charge in [0.1, 0.15) is 5.82 Å². The molecule has 2 aromatic rings. The molecular formula is C10H14N6. The molecule has 0 saturated carbocycles. The Morgan fingerprint density at radius 2 is 1.81 bits per heavy atom. The van der Waals surface area contributed by atoms with Crippen molar-refractivity contribution in [2.45, 2.75) is 20.8 Å². The summed E-state index contributed by atoms with van der Waals surface area (Å²) in [5.74, 6) is 1.09. The van der Waals surface area contributed by atoms with Gasteiger partial charge in [0, 0.05) is 11.8 Å². The molecule has 0 radical (unpaired) electrons. The maximum atomic E-state index is 5.62. The Bertz CT molecular complexity index is 522. The second kappa shape index (κ2) is 3.48. The average Bonchev–Trinajstić information content (AvgIpc) is 2.44. The first-order valence-electron chi connectivity index (χ1n) is 4.92. The summed E-state index contributed by atoms with van der Waals surface area (Å²) in [5, 5.41) is 4.38. The van der Waals surface area contributed by atoms with E-state index in [1.807, 2.05) is 20.8 Å². The van der Waals surface area contributed by atoms with E-state index in [0.29, 0.717) is 11.6 Å². The van der Waals surface area contributed by atoms with Crippen LogP contribution < -0.4 is 11.5 Å². The predicted molar refractivity (Wildman–Crippen MR) is 62.2 cm³/mol. The molecule has 6 nitrogen and oxygen atoms in total. The molecule has 0 aromatic carbocycles. The van der Waals surface area contributed by atoms with Crippen molar-refractivity contribution in [1.29, 1.82) is 0 Å². The maximum Gasteiger partial charge on any atom is 0.224 e. The zero-order chi connectivity index (χ0) is 11.9. The maximum absolute atomic E-state index is 5.62. The van der Waals surface area contributed by atoms with Crippen LogP contribution in [0.25, 0.3) is 5.82 Å². The van der Waals surface area contributed by atoms with Gasteiger partial charge in [-0.2, -0.15) is 15.1 Å². The first-order valence-corrected chi connectivity index (χ1v) is 4.92. The summed E-state index contributed by atoms with van der Waals surface area (Å²) in [6, 6.07) is 1.65. The van der Waals surface area contributed by atoms with Crippen molar-refractivity contribution >= 4 is 11.8 Å². The van der Waals surface area contributed by atoms with Gasteiger partial charge in [0.15, 0.2) is 5.82 Å². The Balaban J connectivity index is 2.62.